The fourth-order valence-electron chi connectivity index (χ4n) is 2.27. The lowest BCUT2D eigenvalue weighted by Crippen LogP contribution is -2.27. The second-order valence-electron chi connectivity index (χ2n) is 5.59. The summed E-state index contributed by atoms with van der Waals surface area (Å²) in [5, 5.41) is 12.3. The number of nitrogens with zero attached hydrogens (tertiary/aromatic N) is 3. The molecule has 0 saturated heterocycles. The second kappa shape index (κ2) is 7.46. The maximum absolute atomic E-state index is 11.8. The van der Waals surface area contributed by atoms with Crippen molar-refractivity contribution in [2.24, 2.45) is 0 Å². The van der Waals surface area contributed by atoms with Crippen LogP contribution in [0.1, 0.15) is 24.2 Å². The zero-order valence-electron chi connectivity index (χ0n) is 12.9. The molecule has 1 amide bonds. The number of rotatable bonds is 8. The normalized spacial score (nSPS) is 13.7. The highest BCUT2D eigenvalue weighted by molar-refractivity contribution is 7.99. The number of allylic oxidation sites excluding steroid dienone is 1. The molecular formula is C17H20N4OS. The van der Waals surface area contributed by atoms with E-state index in [4.69, 9.17) is 0 Å². The van der Waals surface area contributed by atoms with E-state index >= 15 is 0 Å². The molecule has 0 atom stereocenters. The third kappa shape index (κ3) is 4.45. The molecule has 0 spiro atoms. The van der Waals surface area contributed by atoms with Gasteiger partial charge in [-0.2, -0.15) is 0 Å². The van der Waals surface area contributed by atoms with Gasteiger partial charge in [0.25, 0.3) is 0 Å². The predicted molar refractivity (Wildman–Crippen MR) is 91.4 cm³/mol. The molecule has 1 aromatic heterocycles. The van der Waals surface area contributed by atoms with E-state index in [9.17, 15) is 4.79 Å². The predicted octanol–water partition coefficient (Wildman–Crippen LogP) is 2.43. The monoisotopic (exact) mass is 328 g/mol. The summed E-state index contributed by atoms with van der Waals surface area (Å²) < 4.78 is 2.02. The van der Waals surface area contributed by atoms with Crippen molar-refractivity contribution in [3.05, 3.63) is 54.4 Å². The first-order valence-corrected chi connectivity index (χ1v) is 8.74. The molecule has 0 radical (unpaired) electrons. The first-order chi connectivity index (χ1) is 11.3. The van der Waals surface area contributed by atoms with E-state index in [0.29, 0.717) is 18.3 Å². The summed E-state index contributed by atoms with van der Waals surface area (Å²) in [6, 6.07) is 10.6. The first-order valence-electron chi connectivity index (χ1n) is 7.75. The van der Waals surface area contributed by atoms with Gasteiger partial charge in [-0.25, -0.2) is 0 Å². The van der Waals surface area contributed by atoms with E-state index in [-0.39, 0.29) is 5.91 Å². The SMILES string of the molecule is C=CCn1c(Cc2ccccc2)nnc1SCC(=O)NC1CC1. The van der Waals surface area contributed by atoms with Gasteiger partial charge in [0, 0.05) is 19.0 Å². The number of carbonyl (C=O) groups is 1. The third-order valence-electron chi connectivity index (χ3n) is 3.59. The number of amides is 1. The molecule has 0 aliphatic heterocycles. The number of carbonyl (C=O) groups excluding carboxylic acids is 1. The maximum Gasteiger partial charge on any atom is 0.230 e. The topological polar surface area (TPSA) is 59.8 Å². The van der Waals surface area contributed by atoms with Gasteiger partial charge in [0.1, 0.15) is 5.82 Å². The molecule has 23 heavy (non-hydrogen) atoms. The Balaban J connectivity index is 1.67. The van der Waals surface area contributed by atoms with Gasteiger partial charge in [0.15, 0.2) is 5.16 Å². The smallest absolute Gasteiger partial charge is 0.230 e. The molecule has 120 valence electrons. The van der Waals surface area contributed by atoms with Crippen LogP contribution in [0.2, 0.25) is 0 Å². The number of hydrogen-bond acceptors (Lipinski definition) is 4. The number of benzene rings is 1. The molecule has 1 saturated carbocycles. The highest BCUT2D eigenvalue weighted by atomic mass is 32.2. The molecule has 1 fully saturated rings. The van der Waals surface area contributed by atoms with E-state index < -0.39 is 0 Å². The molecular weight excluding hydrogens is 308 g/mol. The van der Waals surface area contributed by atoms with E-state index in [2.05, 4.69) is 34.2 Å². The Morgan fingerprint density at radius 2 is 2.13 bits per heavy atom. The van der Waals surface area contributed by atoms with Crippen LogP contribution in [0.25, 0.3) is 0 Å². The van der Waals surface area contributed by atoms with Crippen LogP contribution in [0, 0.1) is 0 Å². The molecule has 5 nitrogen and oxygen atoms in total. The zero-order chi connectivity index (χ0) is 16.1. The van der Waals surface area contributed by atoms with E-state index in [1.54, 1.807) is 0 Å². The quantitative estimate of drug-likeness (QED) is 0.597. The van der Waals surface area contributed by atoms with E-state index in [1.807, 2.05) is 28.8 Å². The fraction of sp³-hybridized carbons (Fsp3) is 0.353. The van der Waals surface area contributed by atoms with Crippen molar-refractivity contribution >= 4 is 17.7 Å². The Kier molecular flexibility index (Phi) is 5.12. The van der Waals surface area contributed by atoms with Crippen molar-refractivity contribution in [1.82, 2.24) is 20.1 Å². The Bertz CT molecular complexity index is 679. The molecule has 1 aromatic carbocycles. The van der Waals surface area contributed by atoms with Gasteiger partial charge in [0.05, 0.1) is 5.75 Å². The highest BCUT2D eigenvalue weighted by Crippen LogP contribution is 2.21. The Morgan fingerprint density at radius 3 is 2.83 bits per heavy atom. The Labute approximate surface area is 140 Å². The lowest BCUT2D eigenvalue weighted by atomic mass is 10.1. The molecule has 6 heteroatoms. The molecule has 0 bridgehead atoms. The zero-order valence-corrected chi connectivity index (χ0v) is 13.8. The standard InChI is InChI=1S/C17H20N4OS/c1-2-10-21-15(11-13-6-4-3-5-7-13)19-20-17(21)23-12-16(22)18-14-8-9-14/h2-7,14H,1,8-12H2,(H,18,22). The largest absolute Gasteiger partial charge is 0.353 e. The lowest BCUT2D eigenvalue weighted by Gasteiger charge is -2.08. The van der Waals surface area contributed by atoms with Crippen LogP contribution in [-0.4, -0.2) is 32.5 Å². The fourth-order valence-corrected chi connectivity index (χ4v) is 3.05. The summed E-state index contributed by atoms with van der Waals surface area (Å²) in [4.78, 5) is 11.8. The average Bonchev–Trinajstić information content (AvgIpc) is 3.29. The summed E-state index contributed by atoms with van der Waals surface area (Å²) in [7, 11) is 0. The number of nitrogens with one attached hydrogen (secondary N) is 1. The van der Waals surface area contributed by atoms with E-state index in [1.165, 1.54) is 17.3 Å². The van der Waals surface area contributed by atoms with Crippen LogP contribution in [0.3, 0.4) is 0 Å². The molecule has 0 unspecified atom stereocenters. The summed E-state index contributed by atoms with van der Waals surface area (Å²) in [5.41, 5.74) is 1.19. The van der Waals surface area contributed by atoms with Crippen LogP contribution in [-0.2, 0) is 17.8 Å². The van der Waals surface area contributed by atoms with Crippen LogP contribution < -0.4 is 5.32 Å². The van der Waals surface area contributed by atoms with Crippen molar-refractivity contribution in [3.8, 4) is 0 Å². The van der Waals surface area contributed by atoms with Crippen LogP contribution in [0.15, 0.2) is 48.1 Å². The van der Waals surface area contributed by atoms with Gasteiger partial charge in [0.2, 0.25) is 5.91 Å². The summed E-state index contributed by atoms with van der Waals surface area (Å²) >= 11 is 1.43. The van der Waals surface area contributed by atoms with Gasteiger partial charge in [-0.3, -0.25) is 4.79 Å². The van der Waals surface area contributed by atoms with Crippen molar-refractivity contribution in [2.45, 2.75) is 37.0 Å². The van der Waals surface area contributed by atoms with Crippen LogP contribution in [0.5, 0.6) is 0 Å². The Morgan fingerprint density at radius 1 is 1.35 bits per heavy atom. The summed E-state index contributed by atoms with van der Waals surface area (Å²) in [6.07, 6.45) is 4.75. The number of hydrogen-bond donors (Lipinski definition) is 1. The number of aromatic nitrogens is 3. The molecule has 1 N–H and O–H groups in total. The maximum atomic E-state index is 11.8. The minimum Gasteiger partial charge on any atom is -0.353 e. The molecule has 2 aromatic rings. The number of thioether (sulfide) groups is 1. The first kappa shape index (κ1) is 15.8. The van der Waals surface area contributed by atoms with Crippen molar-refractivity contribution < 1.29 is 4.79 Å². The van der Waals surface area contributed by atoms with Crippen molar-refractivity contribution in [2.75, 3.05) is 5.75 Å². The average molecular weight is 328 g/mol. The van der Waals surface area contributed by atoms with Crippen LogP contribution >= 0.6 is 11.8 Å². The van der Waals surface area contributed by atoms with Gasteiger partial charge >= 0.3 is 0 Å². The summed E-state index contributed by atoms with van der Waals surface area (Å²) in [5.74, 6) is 1.33. The third-order valence-corrected chi connectivity index (χ3v) is 4.55. The minimum absolute atomic E-state index is 0.0651. The highest BCUT2D eigenvalue weighted by Gasteiger charge is 2.23. The molecule has 1 aliphatic rings. The second-order valence-corrected chi connectivity index (χ2v) is 6.53. The lowest BCUT2D eigenvalue weighted by molar-refractivity contribution is -0.118. The molecule has 1 aliphatic carbocycles. The van der Waals surface area contributed by atoms with Gasteiger partial charge < -0.3 is 9.88 Å². The molecule has 1 heterocycles. The molecule has 3 rings (SSSR count). The van der Waals surface area contributed by atoms with Crippen LogP contribution in [0.4, 0.5) is 0 Å². The van der Waals surface area contributed by atoms with Crippen molar-refractivity contribution in [3.63, 3.8) is 0 Å². The van der Waals surface area contributed by atoms with Crippen molar-refractivity contribution in [1.29, 1.82) is 0 Å². The van der Waals surface area contributed by atoms with Gasteiger partial charge in [-0.05, 0) is 18.4 Å². The van der Waals surface area contributed by atoms with Gasteiger partial charge in [-0.15, -0.1) is 16.8 Å². The minimum atomic E-state index is 0.0651. The van der Waals surface area contributed by atoms with Gasteiger partial charge in [-0.1, -0.05) is 48.2 Å². The Hall–Kier alpha value is -2.08. The van der Waals surface area contributed by atoms with E-state index in [0.717, 1.165) is 30.2 Å². The summed E-state index contributed by atoms with van der Waals surface area (Å²) in [6.45, 7) is 4.44.